The van der Waals surface area contributed by atoms with Crippen LogP contribution in [0.25, 0.3) is 17.1 Å². The Morgan fingerprint density at radius 2 is 1.89 bits per heavy atom. The molecule has 2 saturated carbocycles. The lowest BCUT2D eigenvalue weighted by Crippen LogP contribution is -2.35. The fraction of sp³-hybridized carbons (Fsp3) is 0.556. The molecule has 8 nitrogen and oxygen atoms in total. The van der Waals surface area contributed by atoms with Crippen LogP contribution in [0.3, 0.4) is 0 Å². The quantitative estimate of drug-likeness (QED) is 0.268. The zero-order valence-corrected chi connectivity index (χ0v) is 21.4. The number of aromatic nitrogens is 3. The van der Waals surface area contributed by atoms with Crippen LogP contribution in [0.2, 0.25) is 0 Å². The SMILES string of the molecule is OCCSNc1ccc(-n2cc(-c3ccc(C(O)C4CCCC4)o3)nn2)c(N2CCC3(CC2)CC3)c1. The summed E-state index contributed by atoms with van der Waals surface area (Å²) in [4.78, 5) is 2.46. The lowest BCUT2D eigenvalue weighted by atomic mass is 9.93. The molecule has 6 rings (SSSR count). The smallest absolute Gasteiger partial charge is 0.156 e. The van der Waals surface area contributed by atoms with Crippen molar-refractivity contribution in [2.75, 3.05) is 35.1 Å². The molecule has 2 aliphatic carbocycles. The number of nitrogens with zero attached hydrogens (tertiary/aromatic N) is 4. The molecule has 1 spiro atoms. The Labute approximate surface area is 216 Å². The lowest BCUT2D eigenvalue weighted by Gasteiger charge is -2.35. The fourth-order valence-corrected chi connectivity index (χ4v) is 6.25. The monoisotopic (exact) mass is 509 g/mol. The van der Waals surface area contributed by atoms with Crippen LogP contribution in [0.5, 0.6) is 0 Å². The van der Waals surface area contributed by atoms with Gasteiger partial charge in [-0.25, -0.2) is 4.68 Å². The van der Waals surface area contributed by atoms with E-state index in [1.165, 1.54) is 50.5 Å². The largest absolute Gasteiger partial charge is 0.457 e. The molecule has 0 radical (unpaired) electrons. The average molecular weight is 510 g/mol. The van der Waals surface area contributed by atoms with E-state index in [9.17, 15) is 5.11 Å². The number of anilines is 2. The molecule has 3 aliphatic rings. The molecule has 3 N–H and O–H groups in total. The number of furan rings is 1. The van der Waals surface area contributed by atoms with E-state index in [-0.39, 0.29) is 12.5 Å². The molecule has 0 bridgehead atoms. The van der Waals surface area contributed by atoms with Gasteiger partial charge in [0.2, 0.25) is 0 Å². The van der Waals surface area contributed by atoms with Gasteiger partial charge in [-0.2, -0.15) is 0 Å². The zero-order valence-electron chi connectivity index (χ0n) is 20.6. The van der Waals surface area contributed by atoms with Crippen LogP contribution in [-0.2, 0) is 0 Å². The minimum absolute atomic E-state index is 0.144. The number of aliphatic hydroxyl groups excluding tert-OH is 2. The number of hydrogen-bond acceptors (Lipinski definition) is 8. The van der Waals surface area contributed by atoms with E-state index in [2.05, 4.69) is 32.1 Å². The predicted molar refractivity (Wildman–Crippen MR) is 142 cm³/mol. The molecule has 2 aromatic heterocycles. The van der Waals surface area contributed by atoms with E-state index in [1.807, 2.05) is 29.1 Å². The van der Waals surface area contributed by atoms with Crippen LogP contribution in [-0.4, -0.2) is 50.7 Å². The predicted octanol–water partition coefficient (Wildman–Crippen LogP) is 5.18. The van der Waals surface area contributed by atoms with Crippen LogP contribution >= 0.6 is 11.9 Å². The summed E-state index contributed by atoms with van der Waals surface area (Å²) in [5.74, 6) is 2.16. The number of rotatable bonds is 9. The van der Waals surface area contributed by atoms with Gasteiger partial charge in [-0.15, -0.1) is 5.10 Å². The van der Waals surface area contributed by atoms with Gasteiger partial charge >= 0.3 is 0 Å². The van der Waals surface area contributed by atoms with E-state index in [4.69, 9.17) is 9.52 Å². The van der Waals surface area contributed by atoms with Crippen LogP contribution in [0.15, 0.2) is 40.9 Å². The molecule has 3 heterocycles. The fourth-order valence-electron chi connectivity index (χ4n) is 5.76. The second-order valence-electron chi connectivity index (χ2n) is 10.6. The third kappa shape index (κ3) is 4.88. The molecule has 36 heavy (non-hydrogen) atoms. The standard InChI is InChI=1S/C27H35N5O3S/c33-15-16-36-29-20-5-6-22(23(17-20)31-13-11-27(9-10-27)12-14-31)32-18-21(28-30-32)24-7-8-25(35-24)26(34)19-3-1-2-4-19/h5-8,17-19,26,29,33-34H,1-4,9-16H2. The van der Waals surface area contributed by atoms with Crippen molar-refractivity contribution >= 4 is 23.3 Å². The van der Waals surface area contributed by atoms with Crippen molar-refractivity contribution in [2.24, 2.45) is 11.3 Å². The van der Waals surface area contributed by atoms with Crippen molar-refractivity contribution in [1.82, 2.24) is 15.0 Å². The minimum atomic E-state index is -0.555. The second kappa shape index (κ2) is 10.1. The topological polar surface area (TPSA) is 99.6 Å². The van der Waals surface area contributed by atoms with Gasteiger partial charge in [-0.3, -0.25) is 0 Å². The van der Waals surface area contributed by atoms with Gasteiger partial charge in [-0.1, -0.05) is 30.0 Å². The van der Waals surface area contributed by atoms with Gasteiger partial charge in [0.05, 0.1) is 24.2 Å². The molecular formula is C27H35N5O3S. The summed E-state index contributed by atoms with van der Waals surface area (Å²) in [6.45, 7) is 2.23. The molecule has 1 unspecified atom stereocenters. The molecule has 1 atom stereocenters. The highest BCUT2D eigenvalue weighted by Gasteiger charge is 2.44. The highest BCUT2D eigenvalue weighted by atomic mass is 32.2. The Morgan fingerprint density at radius 1 is 1.08 bits per heavy atom. The molecule has 0 amide bonds. The van der Waals surface area contributed by atoms with Crippen LogP contribution in [0.1, 0.15) is 63.2 Å². The summed E-state index contributed by atoms with van der Waals surface area (Å²) >= 11 is 1.50. The Morgan fingerprint density at radius 3 is 2.64 bits per heavy atom. The first-order valence-corrected chi connectivity index (χ1v) is 14.2. The molecule has 1 aliphatic heterocycles. The molecule has 9 heteroatoms. The normalized spacial score (nSPS) is 20.2. The van der Waals surface area contributed by atoms with Gasteiger partial charge in [0, 0.05) is 24.5 Å². The number of nitrogens with one attached hydrogen (secondary N) is 1. The molecule has 1 aromatic carbocycles. The first kappa shape index (κ1) is 23.9. The molecule has 192 valence electrons. The number of piperidine rings is 1. The molecular weight excluding hydrogens is 474 g/mol. The summed E-state index contributed by atoms with van der Waals surface area (Å²) in [5.41, 5.74) is 4.38. The Bertz CT molecular complexity index is 1170. The third-order valence-electron chi connectivity index (χ3n) is 8.24. The Balaban J connectivity index is 1.25. The van der Waals surface area contributed by atoms with E-state index >= 15 is 0 Å². The summed E-state index contributed by atoms with van der Waals surface area (Å²) in [6, 6.07) is 10.0. The van der Waals surface area contributed by atoms with Crippen molar-refractivity contribution in [3.63, 3.8) is 0 Å². The van der Waals surface area contributed by atoms with Gasteiger partial charge in [-0.05, 0) is 80.2 Å². The van der Waals surface area contributed by atoms with E-state index < -0.39 is 6.10 Å². The van der Waals surface area contributed by atoms with Gasteiger partial charge in [0.1, 0.15) is 17.6 Å². The van der Waals surface area contributed by atoms with Crippen molar-refractivity contribution in [3.05, 3.63) is 42.3 Å². The van der Waals surface area contributed by atoms with Crippen LogP contribution in [0, 0.1) is 11.3 Å². The maximum Gasteiger partial charge on any atom is 0.156 e. The molecule has 1 saturated heterocycles. The van der Waals surface area contributed by atoms with E-state index in [1.54, 1.807) is 0 Å². The van der Waals surface area contributed by atoms with Crippen molar-refractivity contribution in [1.29, 1.82) is 0 Å². The highest BCUT2D eigenvalue weighted by Crippen LogP contribution is 2.54. The highest BCUT2D eigenvalue weighted by molar-refractivity contribution is 8.00. The average Bonchev–Trinajstić information content (AvgIpc) is 3.40. The van der Waals surface area contributed by atoms with Crippen molar-refractivity contribution < 1.29 is 14.6 Å². The summed E-state index contributed by atoms with van der Waals surface area (Å²) in [6.07, 6.45) is 11.0. The number of hydrogen-bond donors (Lipinski definition) is 3. The van der Waals surface area contributed by atoms with E-state index in [0.717, 1.165) is 43.0 Å². The first-order valence-electron chi connectivity index (χ1n) is 13.2. The molecule has 3 aromatic rings. The second-order valence-corrected chi connectivity index (χ2v) is 11.5. The van der Waals surface area contributed by atoms with Crippen LogP contribution in [0.4, 0.5) is 11.4 Å². The van der Waals surface area contributed by atoms with Crippen LogP contribution < -0.4 is 9.62 Å². The van der Waals surface area contributed by atoms with Gasteiger partial charge in [0.15, 0.2) is 5.76 Å². The Hall–Kier alpha value is -2.49. The summed E-state index contributed by atoms with van der Waals surface area (Å²) in [7, 11) is 0. The minimum Gasteiger partial charge on any atom is -0.457 e. The zero-order chi connectivity index (χ0) is 24.5. The first-order chi connectivity index (χ1) is 17.6. The van der Waals surface area contributed by atoms with E-state index in [0.29, 0.717) is 28.4 Å². The summed E-state index contributed by atoms with van der Waals surface area (Å²) < 4.78 is 11.2. The van der Waals surface area contributed by atoms with Gasteiger partial charge in [0.25, 0.3) is 0 Å². The maximum atomic E-state index is 10.7. The Kier molecular flexibility index (Phi) is 6.71. The lowest BCUT2D eigenvalue weighted by molar-refractivity contribution is 0.0894. The number of aliphatic hydroxyl groups is 2. The third-order valence-corrected chi connectivity index (χ3v) is 9.00. The summed E-state index contributed by atoms with van der Waals surface area (Å²) in [5, 5.41) is 28.7. The van der Waals surface area contributed by atoms with Crippen molar-refractivity contribution in [2.45, 2.75) is 57.5 Å². The van der Waals surface area contributed by atoms with Gasteiger partial charge < -0.3 is 24.3 Å². The molecule has 3 fully saturated rings. The number of benzene rings is 1. The van der Waals surface area contributed by atoms with Crippen molar-refractivity contribution in [3.8, 4) is 17.1 Å². The maximum absolute atomic E-state index is 10.7.